The number of rotatable bonds is 8. The third kappa shape index (κ3) is 4.79. The number of aromatic amines is 1. The molecule has 0 spiro atoms. The first-order chi connectivity index (χ1) is 14.3. The lowest BCUT2D eigenvalue weighted by Gasteiger charge is -2.14. The lowest BCUT2D eigenvalue weighted by molar-refractivity contribution is -0.120. The highest BCUT2D eigenvalue weighted by Crippen LogP contribution is 2.27. The molecule has 0 bridgehead atoms. The summed E-state index contributed by atoms with van der Waals surface area (Å²) in [5, 5.41) is 3.28. The standard InChI is InChI=1S/C21H25N3O4S2/c1-11-12(2)30-21-18(11)20(26)23-17(24-21)10-29-13(3)19(25)22-9-14-6-7-15(27-4)8-16(14)28-5/h6-8,13H,9-10H2,1-5H3,(H,22,25)(H,23,24,26). The average molecular weight is 448 g/mol. The normalized spacial score (nSPS) is 12.0. The van der Waals surface area contributed by atoms with E-state index in [0.29, 0.717) is 35.0 Å². The predicted molar refractivity (Wildman–Crippen MR) is 122 cm³/mol. The van der Waals surface area contributed by atoms with Crippen molar-refractivity contribution in [1.82, 2.24) is 15.3 Å². The zero-order valence-corrected chi connectivity index (χ0v) is 19.3. The Labute approximate surface area is 183 Å². The highest BCUT2D eigenvalue weighted by Gasteiger charge is 2.17. The van der Waals surface area contributed by atoms with Crippen LogP contribution in [0.5, 0.6) is 11.5 Å². The van der Waals surface area contributed by atoms with Crippen molar-refractivity contribution in [3.63, 3.8) is 0 Å². The molecule has 9 heteroatoms. The number of aromatic nitrogens is 2. The maximum Gasteiger partial charge on any atom is 0.259 e. The molecule has 0 fully saturated rings. The van der Waals surface area contributed by atoms with Crippen LogP contribution in [0.1, 0.15) is 28.8 Å². The van der Waals surface area contributed by atoms with Gasteiger partial charge in [-0.1, -0.05) is 0 Å². The Hall–Kier alpha value is -2.52. The average Bonchev–Trinajstić information content (AvgIpc) is 3.03. The Kier molecular flexibility index (Phi) is 7.04. The first-order valence-corrected chi connectivity index (χ1v) is 11.3. The summed E-state index contributed by atoms with van der Waals surface area (Å²) in [5.41, 5.74) is 1.72. The summed E-state index contributed by atoms with van der Waals surface area (Å²) in [6.07, 6.45) is 0. The zero-order chi connectivity index (χ0) is 21.8. The van der Waals surface area contributed by atoms with Crippen molar-refractivity contribution < 1.29 is 14.3 Å². The minimum atomic E-state index is -0.304. The highest BCUT2D eigenvalue weighted by molar-refractivity contribution is 7.99. The number of benzene rings is 1. The molecule has 0 aliphatic heterocycles. The Bertz CT molecular complexity index is 1120. The second kappa shape index (κ2) is 9.53. The largest absolute Gasteiger partial charge is 0.497 e. The number of H-pyrrole nitrogens is 1. The van der Waals surface area contributed by atoms with E-state index in [9.17, 15) is 9.59 Å². The third-order valence-corrected chi connectivity index (χ3v) is 7.13. The van der Waals surface area contributed by atoms with Gasteiger partial charge in [0.25, 0.3) is 5.56 Å². The number of ether oxygens (including phenoxy) is 2. The number of thioether (sulfide) groups is 1. The van der Waals surface area contributed by atoms with Crippen molar-refractivity contribution in [2.45, 2.75) is 38.3 Å². The Morgan fingerprint density at radius 2 is 2.07 bits per heavy atom. The van der Waals surface area contributed by atoms with Crippen molar-refractivity contribution in [2.24, 2.45) is 0 Å². The predicted octanol–water partition coefficient (Wildman–Crippen LogP) is 3.56. The van der Waals surface area contributed by atoms with E-state index in [0.717, 1.165) is 20.8 Å². The summed E-state index contributed by atoms with van der Waals surface area (Å²) in [6, 6.07) is 5.48. The number of nitrogens with one attached hydrogen (secondary N) is 2. The number of nitrogens with zero attached hydrogens (tertiary/aromatic N) is 1. The van der Waals surface area contributed by atoms with Crippen molar-refractivity contribution in [3.8, 4) is 11.5 Å². The van der Waals surface area contributed by atoms with Gasteiger partial charge in [0.2, 0.25) is 5.91 Å². The second-order valence-corrected chi connectivity index (χ2v) is 9.36. The molecule has 1 amide bonds. The molecular weight excluding hydrogens is 422 g/mol. The van der Waals surface area contributed by atoms with Crippen LogP contribution in [0.4, 0.5) is 0 Å². The van der Waals surface area contributed by atoms with E-state index in [-0.39, 0.29) is 16.7 Å². The molecule has 0 aliphatic carbocycles. The maximum atomic E-state index is 12.5. The van der Waals surface area contributed by atoms with E-state index in [1.54, 1.807) is 20.3 Å². The fraction of sp³-hybridized carbons (Fsp3) is 0.381. The van der Waals surface area contributed by atoms with Crippen molar-refractivity contribution in [3.05, 3.63) is 50.4 Å². The van der Waals surface area contributed by atoms with Gasteiger partial charge in [-0.05, 0) is 38.5 Å². The molecule has 0 radical (unpaired) electrons. The molecule has 30 heavy (non-hydrogen) atoms. The van der Waals surface area contributed by atoms with E-state index >= 15 is 0 Å². The number of fused-ring (bicyclic) bond motifs is 1. The van der Waals surface area contributed by atoms with Gasteiger partial charge in [0.05, 0.1) is 30.6 Å². The Morgan fingerprint density at radius 3 is 2.77 bits per heavy atom. The van der Waals surface area contributed by atoms with Crippen LogP contribution in [0.15, 0.2) is 23.0 Å². The number of hydrogen-bond acceptors (Lipinski definition) is 7. The molecule has 2 heterocycles. The van der Waals surface area contributed by atoms with E-state index in [1.165, 1.54) is 23.1 Å². The molecule has 1 aromatic carbocycles. The summed E-state index contributed by atoms with van der Waals surface area (Å²) < 4.78 is 10.6. The monoisotopic (exact) mass is 447 g/mol. The van der Waals surface area contributed by atoms with E-state index < -0.39 is 0 Å². The number of thiophene rings is 1. The molecule has 160 valence electrons. The van der Waals surface area contributed by atoms with Crippen LogP contribution in [-0.2, 0) is 17.1 Å². The first kappa shape index (κ1) is 22.2. The smallest absolute Gasteiger partial charge is 0.259 e. The summed E-state index contributed by atoms with van der Waals surface area (Å²) in [6.45, 7) is 6.11. The molecular formula is C21H25N3O4S2. The summed E-state index contributed by atoms with van der Waals surface area (Å²) in [4.78, 5) is 34.1. The zero-order valence-electron chi connectivity index (χ0n) is 17.6. The molecule has 0 saturated carbocycles. The van der Waals surface area contributed by atoms with Crippen LogP contribution in [-0.4, -0.2) is 35.3 Å². The highest BCUT2D eigenvalue weighted by atomic mass is 32.2. The van der Waals surface area contributed by atoms with Gasteiger partial charge in [0.15, 0.2) is 0 Å². The van der Waals surface area contributed by atoms with Gasteiger partial charge in [-0.3, -0.25) is 9.59 Å². The van der Waals surface area contributed by atoms with E-state index in [1.807, 2.05) is 32.9 Å². The quantitative estimate of drug-likeness (QED) is 0.548. The van der Waals surface area contributed by atoms with Gasteiger partial charge in [-0.15, -0.1) is 23.1 Å². The topological polar surface area (TPSA) is 93.3 Å². The van der Waals surface area contributed by atoms with Crippen LogP contribution >= 0.6 is 23.1 Å². The van der Waals surface area contributed by atoms with Gasteiger partial charge in [-0.25, -0.2) is 4.98 Å². The van der Waals surface area contributed by atoms with Gasteiger partial charge >= 0.3 is 0 Å². The summed E-state index contributed by atoms with van der Waals surface area (Å²) in [5.74, 6) is 2.29. The summed E-state index contributed by atoms with van der Waals surface area (Å²) >= 11 is 2.94. The van der Waals surface area contributed by atoms with Crippen molar-refractivity contribution in [1.29, 1.82) is 0 Å². The number of amides is 1. The van der Waals surface area contributed by atoms with Crippen LogP contribution in [0, 0.1) is 13.8 Å². The fourth-order valence-electron chi connectivity index (χ4n) is 2.97. The Morgan fingerprint density at radius 1 is 1.30 bits per heavy atom. The van der Waals surface area contributed by atoms with Crippen LogP contribution in [0.3, 0.4) is 0 Å². The minimum absolute atomic E-state index is 0.0934. The Balaban J connectivity index is 1.60. The van der Waals surface area contributed by atoms with Gasteiger partial charge in [0, 0.05) is 23.1 Å². The third-order valence-electron chi connectivity index (χ3n) is 4.87. The fourth-order valence-corrected chi connectivity index (χ4v) is 4.80. The molecule has 7 nitrogen and oxygen atoms in total. The molecule has 1 unspecified atom stereocenters. The van der Waals surface area contributed by atoms with Crippen molar-refractivity contribution >= 4 is 39.2 Å². The summed E-state index contributed by atoms with van der Waals surface area (Å²) in [7, 11) is 3.18. The number of carbonyl (C=O) groups excluding carboxylic acids is 1. The van der Waals surface area contributed by atoms with Gasteiger partial charge in [-0.2, -0.15) is 0 Å². The lowest BCUT2D eigenvalue weighted by atomic mass is 10.2. The van der Waals surface area contributed by atoms with E-state index in [4.69, 9.17) is 9.47 Å². The molecule has 1 atom stereocenters. The number of carbonyl (C=O) groups is 1. The number of hydrogen-bond donors (Lipinski definition) is 2. The molecule has 3 aromatic rings. The second-order valence-electron chi connectivity index (χ2n) is 6.82. The number of aryl methyl sites for hydroxylation is 2. The molecule has 0 aliphatic rings. The van der Waals surface area contributed by atoms with Crippen LogP contribution in [0.2, 0.25) is 0 Å². The molecule has 2 aromatic heterocycles. The molecule has 2 N–H and O–H groups in total. The lowest BCUT2D eigenvalue weighted by Crippen LogP contribution is -2.30. The minimum Gasteiger partial charge on any atom is -0.497 e. The molecule has 3 rings (SSSR count). The molecule has 0 saturated heterocycles. The van der Waals surface area contributed by atoms with Gasteiger partial charge < -0.3 is 19.8 Å². The van der Waals surface area contributed by atoms with E-state index in [2.05, 4.69) is 15.3 Å². The van der Waals surface area contributed by atoms with Gasteiger partial charge in [0.1, 0.15) is 22.2 Å². The van der Waals surface area contributed by atoms with Crippen LogP contribution in [0.25, 0.3) is 10.2 Å². The maximum absolute atomic E-state index is 12.5. The first-order valence-electron chi connectivity index (χ1n) is 9.43. The number of methoxy groups -OCH3 is 2. The SMILES string of the molecule is COc1ccc(CNC(=O)C(C)SCc2nc3sc(C)c(C)c3c(=O)[nH]2)c(OC)c1. The van der Waals surface area contributed by atoms with Crippen molar-refractivity contribution in [2.75, 3.05) is 14.2 Å². The van der Waals surface area contributed by atoms with Crippen LogP contribution < -0.4 is 20.3 Å².